The number of hydrogen-bond donors (Lipinski definition) is 1. The monoisotopic (exact) mass is 323 g/mol. The number of urea groups is 1. The Balaban J connectivity index is 1.73. The molecule has 7 nitrogen and oxygen atoms in total. The predicted molar refractivity (Wildman–Crippen MR) is 87.5 cm³/mol. The standard InChI is InChI=1S/C16H25N3O4/c1-18-5-7-19(8-6-18)16(20)17-4-9-23-15-11-13(21-2)10-14(12-15)22-3/h10-12H,4-9H2,1-3H3,(H,17,20). The van der Waals surface area contributed by atoms with Gasteiger partial charge in [-0.1, -0.05) is 0 Å². The Bertz CT molecular complexity index is 494. The number of nitrogens with zero attached hydrogens (tertiary/aromatic N) is 2. The number of hydrogen-bond acceptors (Lipinski definition) is 5. The number of carbonyl (C=O) groups excluding carboxylic acids is 1. The molecule has 0 aromatic heterocycles. The van der Waals surface area contributed by atoms with Crippen LogP contribution in [-0.4, -0.2) is 76.4 Å². The van der Waals surface area contributed by atoms with Crippen molar-refractivity contribution < 1.29 is 19.0 Å². The van der Waals surface area contributed by atoms with E-state index in [1.165, 1.54) is 0 Å². The Labute approximate surface area is 137 Å². The summed E-state index contributed by atoms with van der Waals surface area (Å²) in [5.74, 6) is 1.98. The van der Waals surface area contributed by atoms with Crippen molar-refractivity contribution in [3.05, 3.63) is 18.2 Å². The molecule has 0 bridgehead atoms. The predicted octanol–water partition coefficient (Wildman–Crippen LogP) is 1.04. The first-order chi connectivity index (χ1) is 11.1. The van der Waals surface area contributed by atoms with Crippen molar-refractivity contribution >= 4 is 6.03 Å². The molecule has 7 heteroatoms. The average molecular weight is 323 g/mol. The molecule has 2 amide bonds. The molecule has 1 aliphatic rings. The van der Waals surface area contributed by atoms with Gasteiger partial charge >= 0.3 is 6.03 Å². The highest BCUT2D eigenvalue weighted by Crippen LogP contribution is 2.27. The van der Waals surface area contributed by atoms with Gasteiger partial charge in [-0.15, -0.1) is 0 Å². The van der Waals surface area contributed by atoms with E-state index in [1.807, 2.05) is 4.90 Å². The Morgan fingerprint density at radius 2 is 1.61 bits per heavy atom. The first-order valence-electron chi connectivity index (χ1n) is 7.69. The van der Waals surface area contributed by atoms with Crippen LogP contribution in [0, 0.1) is 0 Å². The summed E-state index contributed by atoms with van der Waals surface area (Å²) in [7, 11) is 5.25. The van der Waals surface area contributed by atoms with Crippen LogP contribution in [0.3, 0.4) is 0 Å². The lowest BCUT2D eigenvalue weighted by atomic mass is 10.3. The lowest BCUT2D eigenvalue weighted by Gasteiger charge is -2.32. The minimum atomic E-state index is -0.0371. The summed E-state index contributed by atoms with van der Waals surface area (Å²) < 4.78 is 16.0. The number of piperazine rings is 1. The number of carbonyl (C=O) groups is 1. The number of benzene rings is 1. The third-order valence-corrected chi connectivity index (χ3v) is 3.76. The molecule has 0 spiro atoms. The molecule has 0 saturated carbocycles. The van der Waals surface area contributed by atoms with Crippen molar-refractivity contribution in [2.75, 3.05) is 60.6 Å². The van der Waals surface area contributed by atoms with E-state index in [2.05, 4.69) is 17.3 Å². The maximum atomic E-state index is 12.0. The summed E-state index contributed by atoms with van der Waals surface area (Å²) in [4.78, 5) is 16.1. The average Bonchev–Trinajstić information content (AvgIpc) is 2.58. The summed E-state index contributed by atoms with van der Waals surface area (Å²) in [5.41, 5.74) is 0. The van der Waals surface area contributed by atoms with Gasteiger partial charge in [-0.05, 0) is 7.05 Å². The van der Waals surface area contributed by atoms with E-state index >= 15 is 0 Å². The molecular formula is C16H25N3O4. The number of rotatable bonds is 6. The summed E-state index contributed by atoms with van der Waals surface area (Å²) >= 11 is 0. The van der Waals surface area contributed by atoms with Gasteiger partial charge in [-0.3, -0.25) is 0 Å². The van der Waals surface area contributed by atoms with Crippen LogP contribution in [0.4, 0.5) is 4.79 Å². The van der Waals surface area contributed by atoms with Crippen molar-refractivity contribution in [2.24, 2.45) is 0 Å². The van der Waals surface area contributed by atoms with Crippen molar-refractivity contribution in [2.45, 2.75) is 0 Å². The normalized spacial score (nSPS) is 15.2. The fourth-order valence-electron chi connectivity index (χ4n) is 2.31. The van der Waals surface area contributed by atoms with E-state index < -0.39 is 0 Å². The Kier molecular flexibility index (Phi) is 6.34. The molecule has 1 N–H and O–H groups in total. The van der Waals surface area contributed by atoms with Crippen LogP contribution in [0.2, 0.25) is 0 Å². The number of methoxy groups -OCH3 is 2. The molecule has 23 heavy (non-hydrogen) atoms. The number of ether oxygens (including phenoxy) is 3. The molecule has 2 rings (SSSR count). The summed E-state index contributed by atoms with van der Waals surface area (Å²) in [6.07, 6.45) is 0. The number of nitrogens with one attached hydrogen (secondary N) is 1. The second-order valence-electron chi connectivity index (χ2n) is 5.42. The molecule has 0 radical (unpaired) electrons. The van der Waals surface area contributed by atoms with Crippen LogP contribution >= 0.6 is 0 Å². The lowest BCUT2D eigenvalue weighted by molar-refractivity contribution is 0.153. The lowest BCUT2D eigenvalue weighted by Crippen LogP contribution is -2.51. The van der Waals surface area contributed by atoms with Crippen LogP contribution in [0.15, 0.2) is 18.2 Å². The zero-order chi connectivity index (χ0) is 16.7. The first-order valence-corrected chi connectivity index (χ1v) is 7.69. The molecule has 0 unspecified atom stereocenters. The van der Waals surface area contributed by atoms with Gasteiger partial charge in [0.05, 0.1) is 20.8 Å². The van der Waals surface area contributed by atoms with Gasteiger partial charge in [-0.25, -0.2) is 4.79 Å². The molecule has 0 atom stereocenters. The number of amides is 2. The summed E-state index contributed by atoms with van der Waals surface area (Å²) in [6, 6.07) is 5.31. The molecule has 1 aromatic carbocycles. The molecule has 1 aliphatic heterocycles. The highest BCUT2D eigenvalue weighted by Gasteiger charge is 2.18. The van der Waals surface area contributed by atoms with Gasteiger partial charge in [0.1, 0.15) is 23.9 Å². The van der Waals surface area contributed by atoms with E-state index in [9.17, 15) is 4.79 Å². The second kappa shape index (κ2) is 8.47. The molecule has 1 heterocycles. The molecule has 128 valence electrons. The van der Waals surface area contributed by atoms with Crippen LogP contribution in [0.1, 0.15) is 0 Å². The van der Waals surface area contributed by atoms with Gasteiger partial charge in [0.15, 0.2) is 0 Å². The van der Waals surface area contributed by atoms with Gasteiger partial charge < -0.3 is 29.3 Å². The zero-order valence-corrected chi connectivity index (χ0v) is 14.0. The zero-order valence-electron chi connectivity index (χ0n) is 14.0. The van der Waals surface area contributed by atoms with Crippen LogP contribution in [0.25, 0.3) is 0 Å². The third kappa shape index (κ3) is 5.21. The van der Waals surface area contributed by atoms with Crippen molar-refractivity contribution in [3.63, 3.8) is 0 Å². The fourth-order valence-corrected chi connectivity index (χ4v) is 2.31. The van der Waals surface area contributed by atoms with Crippen LogP contribution in [-0.2, 0) is 0 Å². The van der Waals surface area contributed by atoms with Crippen LogP contribution in [0.5, 0.6) is 17.2 Å². The van der Waals surface area contributed by atoms with Crippen LogP contribution < -0.4 is 19.5 Å². The molecule has 1 saturated heterocycles. The maximum Gasteiger partial charge on any atom is 0.317 e. The minimum Gasteiger partial charge on any atom is -0.496 e. The minimum absolute atomic E-state index is 0.0371. The first kappa shape index (κ1) is 17.2. The molecule has 0 aliphatic carbocycles. The van der Waals surface area contributed by atoms with Crippen molar-refractivity contribution in [1.29, 1.82) is 0 Å². The molecule has 1 fully saturated rings. The van der Waals surface area contributed by atoms with Gasteiger partial charge in [0.25, 0.3) is 0 Å². The Hall–Kier alpha value is -2.15. The van der Waals surface area contributed by atoms with E-state index in [4.69, 9.17) is 14.2 Å². The van der Waals surface area contributed by atoms with Crippen molar-refractivity contribution in [3.8, 4) is 17.2 Å². The third-order valence-electron chi connectivity index (χ3n) is 3.76. The largest absolute Gasteiger partial charge is 0.496 e. The summed E-state index contributed by atoms with van der Waals surface area (Å²) in [5, 5.41) is 2.88. The molecule has 1 aromatic rings. The second-order valence-corrected chi connectivity index (χ2v) is 5.42. The molecular weight excluding hydrogens is 298 g/mol. The van der Waals surface area contributed by atoms with E-state index in [0.29, 0.717) is 30.4 Å². The SMILES string of the molecule is COc1cc(OC)cc(OCCNC(=O)N2CCN(C)CC2)c1. The quantitative estimate of drug-likeness (QED) is 0.793. The van der Waals surface area contributed by atoms with E-state index in [1.54, 1.807) is 32.4 Å². The van der Waals surface area contributed by atoms with E-state index in [0.717, 1.165) is 26.2 Å². The maximum absolute atomic E-state index is 12.0. The highest BCUT2D eigenvalue weighted by molar-refractivity contribution is 5.74. The fraction of sp³-hybridized carbons (Fsp3) is 0.562. The van der Waals surface area contributed by atoms with E-state index in [-0.39, 0.29) is 6.03 Å². The van der Waals surface area contributed by atoms with Gasteiger partial charge in [-0.2, -0.15) is 0 Å². The van der Waals surface area contributed by atoms with Gasteiger partial charge in [0, 0.05) is 44.4 Å². The van der Waals surface area contributed by atoms with Crippen molar-refractivity contribution in [1.82, 2.24) is 15.1 Å². The highest BCUT2D eigenvalue weighted by atomic mass is 16.5. The smallest absolute Gasteiger partial charge is 0.317 e. The van der Waals surface area contributed by atoms with Gasteiger partial charge in [0.2, 0.25) is 0 Å². The number of likely N-dealkylation sites (N-methyl/N-ethyl adjacent to an activating group) is 1. The summed E-state index contributed by atoms with van der Waals surface area (Å²) in [6.45, 7) is 4.17. The Morgan fingerprint density at radius 3 is 2.17 bits per heavy atom. The topological polar surface area (TPSA) is 63.3 Å². The Morgan fingerprint density at radius 1 is 1.04 bits per heavy atom.